The van der Waals surface area contributed by atoms with Gasteiger partial charge in [0.25, 0.3) is 7.82 Å². The van der Waals surface area contributed by atoms with Crippen molar-refractivity contribution in [3.63, 3.8) is 0 Å². The monoisotopic (exact) mass is 716 g/mol. The molecule has 0 aliphatic heterocycles. The molecule has 1 unspecified atom stereocenters. The summed E-state index contributed by atoms with van der Waals surface area (Å²) >= 11 is 0. The number of allylic oxidation sites excluding steroid dienone is 4. The Morgan fingerprint density at radius 2 is 1.12 bits per heavy atom. The van der Waals surface area contributed by atoms with E-state index in [1.807, 2.05) is 21.1 Å². The molecule has 10 heteroatoms. The van der Waals surface area contributed by atoms with Gasteiger partial charge in [0.15, 0.2) is 6.10 Å². The van der Waals surface area contributed by atoms with E-state index < -0.39 is 26.5 Å². The third-order valence-electron chi connectivity index (χ3n) is 8.22. The van der Waals surface area contributed by atoms with Crippen molar-refractivity contribution in [2.75, 3.05) is 47.5 Å². The zero-order valence-corrected chi connectivity index (χ0v) is 33.0. The van der Waals surface area contributed by atoms with Gasteiger partial charge >= 0.3 is 11.9 Å². The molecule has 0 aliphatic carbocycles. The Morgan fingerprint density at radius 1 is 0.633 bits per heavy atom. The summed E-state index contributed by atoms with van der Waals surface area (Å²) in [6, 6.07) is 0. The number of quaternary nitrogens is 1. The molecule has 9 nitrogen and oxygen atoms in total. The lowest BCUT2D eigenvalue weighted by Gasteiger charge is -2.28. The normalized spacial score (nSPS) is 14.0. The molecule has 0 aromatic heterocycles. The van der Waals surface area contributed by atoms with E-state index in [4.69, 9.17) is 18.5 Å². The number of phosphoric ester groups is 1. The molecule has 0 amide bonds. The number of nitrogens with zero attached hydrogens (tertiary/aromatic N) is 1. The molecule has 0 spiro atoms. The Morgan fingerprint density at radius 3 is 1.67 bits per heavy atom. The first-order valence-electron chi connectivity index (χ1n) is 19.5. The lowest BCUT2D eigenvalue weighted by molar-refractivity contribution is -0.870. The first-order valence-corrected chi connectivity index (χ1v) is 21.0. The van der Waals surface area contributed by atoms with E-state index in [0.717, 1.165) is 64.2 Å². The smallest absolute Gasteiger partial charge is 0.306 e. The van der Waals surface area contributed by atoms with Crippen LogP contribution in [0.4, 0.5) is 0 Å². The Bertz CT molecular complexity index is 902. The van der Waals surface area contributed by atoms with Crippen molar-refractivity contribution in [3.8, 4) is 0 Å². The van der Waals surface area contributed by atoms with Gasteiger partial charge in [-0.15, -0.1) is 0 Å². The predicted octanol–water partition coefficient (Wildman–Crippen LogP) is 9.77. The van der Waals surface area contributed by atoms with Gasteiger partial charge in [0.2, 0.25) is 0 Å². The summed E-state index contributed by atoms with van der Waals surface area (Å²) in [6.45, 7) is 4.15. The number of carbonyl (C=O) groups excluding carboxylic acids is 2. The molecule has 0 aromatic carbocycles. The van der Waals surface area contributed by atoms with Gasteiger partial charge in [-0.05, 0) is 38.5 Å². The lowest BCUT2D eigenvalue weighted by Crippen LogP contribution is -2.37. The van der Waals surface area contributed by atoms with Crippen LogP contribution in [0.1, 0.15) is 162 Å². The number of likely N-dealkylation sites (N-methyl/N-ethyl adjacent to an activating group) is 1. The molecule has 49 heavy (non-hydrogen) atoms. The first-order chi connectivity index (χ1) is 23.5. The zero-order chi connectivity index (χ0) is 36.5. The first kappa shape index (κ1) is 47.5. The fraction of sp³-hybridized carbons (Fsp3) is 0.846. The third-order valence-corrected chi connectivity index (χ3v) is 9.19. The van der Waals surface area contributed by atoms with Crippen molar-refractivity contribution < 1.29 is 42.1 Å². The second-order valence-corrected chi connectivity index (χ2v) is 15.7. The van der Waals surface area contributed by atoms with Crippen molar-refractivity contribution in [1.82, 2.24) is 0 Å². The van der Waals surface area contributed by atoms with Crippen LogP contribution in [0.2, 0.25) is 0 Å². The highest BCUT2D eigenvalue weighted by Crippen LogP contribution is 2.38. The number of unbranched alkanes of at least 4 members (excludes halogenated alkanes) is 17. The molecule has 0 aromatic rings. The van der Waals surface area contributed by atoms with E-state index in [2.05, 4.69) is 38.2 Å². The van der Waals surface area contributed by atoms with E-state index >= 15 is 0 Å². The summed E-state index contributed by atoms with van der Waals surface area (Å²) in [5.74, 6) is -0.851. The van der Waals surface area contributed by atoms with Gasteiger partial charge in [-0.3, -0.25) is 14.2 Å². The van der Waals surface area contributed by atoms with E-state index in [9.17, 15) is 19.0 Å². The van der Waals surface area contributed by atoms with Crippen molar-refractivity contribution in [2.45, 2.75) is 168 Å². The van der Waals surface area contributed by atoms with E-state index in [0.29, 0.717) is 17.4 Å². The number of carbonyl (C=O) groups is 2. The Balaban J connectivity index is 4.45. The van der Waals surface area contributed by atoms with Crippen molar-refractivity contribution in [2.24, 2.45) is 0 Å². The van der Waals surface area contributed by atoms with Gasteiger partial charge in [0.1, 0.15) is 19.8 Å². The van der Waals surface area contributed by atoms with E-state index in [1.165, 1.54) is 64.2 Å². The second kappa shape index (κ2) is 32.4. The van der Waals surface area contributed by atoms with Crippen LogP contribution < -0.4 is 4.89 Å². The molecule has 0 heterocycles. The summed E-state index contributed by atoms with van der Waals surface area (Å²) in [5.41, 5.74) is 0. The summed E-state index contributed by atoms with van der Waals surface area (Å²) in [5, 5.41) is 0. The van der Waals surface area contributed by atoms with E-state index in [-0.39, 0.29) is 32.0 Å². The van der Waals surface area contributed by atoms with Crippen LogP contribution in [0.3, 0.4) is 0 Å². The Kier molecular flexibility index (Phi) is 31.4. The molecule has 0 bridgehead atoms. The molecule has 0 rings (SSSR count). The van der Waals surface area contributed by atoms with Crippen molar-refractivity contribution in [1.29, 1.82) is 0 Å². The SMILES string of the molecule is CCCC/C=C/C/C=C/CCCCCCCC(=O)O[C@H](COC(=O)CCCCCCCCCCCCC)COP(=O)([O-])OCC[N+](C)(C)C. The summed E-state index contributed by atoms with van der Waals surface area (Å²) in [4.78, 5) is 37.3. The van der Waals surface area contributed by atoms with Crippen LogP contribution in [0, 0.1) is 0 Å². The molecule has 0 saturated heterocycles. The fourth-order valence-electron chi connectivity index (χ4n) is 5.08. The molecule has 0 fully saturated rings. The molecular formula is C39H74NO8P. The highest BCUT2D eigenvalue weighted by atomic mass is 31.2. The van der Waals surface area contributed by atoms with Gasteiger partial charge in [-0.25, -0.2) is 0 Å². The molecular weight excluding hydrogens is 641 g/mol. The minimum Gasteiger partial charge on any atom is -0.756 e. The van der Waals surface area contributed by atoms with Crippen LogP contribution >= 0.6 is 7.82 Å². The minimum absolute atomic E-state index is 0.0323. The minimum atomic E-state index is -4.62. The van der Waals surface area contributed by atoms with Gasteiger partial charge < -0.3 is 27.9 Å². The van der Waals surface area contributed by atoms with Crippen molar-refractivity contribution in [3.05, 3.63) is 24.3 Å². The summed E-state index contributed by atoms with van der Waals surface area (Å²) in [6.07, 6.45) is 32.0. The summed E-state index contributed by atoms with van der Waals surface area (Å²) < 4.78 is 33.7. The van der Waals surface area contributed by atoms with Gasteiger partial charge in [-0.1, -0.05) is 134 Å². The molecule has 2 atom stereocenters. The zero-order valence-electron chi connectivity index (χ0n) is 32.1. The average molecular weight is 716 g/mol. The van der Waals surface area contributed by atoms with Crippen molar-refractivity contribution >= 4 is 19.8 Å². The maximum Gasteiger partial charge on any atom is 0.306 e. The molecule has 0 aliphatic rings. The standard InChI is InChI=1S/C39H74NO8P/c1-6-8-10-12-14-16-18-19-20-22-24-26-28-30-32-39(42)48-37(36-47-49(43,44)46-34-33-40(3,4)5)35-45-38(41)31-29-27-25-23-21-17-15-13-11-9-7-2/h12,14,18-19,37H,6-11,13,15-17,20-36H2,1-5H3/b14-12+,19-18+/t37-/m1/s1. The average Bonchev–Trinajstić information content (AvgIpc) is 3.04. The maximum atomic E-state index is 12.6. The number of esters is 2. The van der Waals surface area contributed by atoms with Gasteiger partial charge in [0, 0.05) is 12.8 Å². The number of rotatable bonds is 35. The molecule has 0 N–H and O–H groups in total. The third kappa shape index (κ3) is 36.1. The highest BCUT2D eigenvalue weighted by molar-refractivity contribution is 7.45. The van der Waals surface area contributed by atoms with Crippen LogP contribution in [-0.2, 0) is 32.7 Å². The lowest BCUT2D eigenvalue weighted by atomic mass is 10.1. The number of hydrogen-bond acceptors (Lipinski definition) is 8. The Hall–Kier alpha value is -1.51. The van der Waals surface area contributed by atoms with Crippen LogP contribution in [-0.4, -0.2) is 70.0 Å². The second-order valence-electron chi connectivity index (χ2n) is 14.3. The summed E-state index contributed by atoms with van der Waals surface area (Å²) in [7, 11) is 1.16. The predicted molar refractivity (Wildman–Crippen MR) is 199 cm³/mol. The number of ether oxygens (including phenoxy) is 2. The van der Waals surface area contributed by atoms with Gasteiger partial charge in [-0.2, -0.15) is 0 Å². The van der Waals surface area contributed by atoms with Crippen LogP contribution in [0.15, 0.2) is 24.3 Å². The maximum absolute atomic E-state index is 12.6. The quantitative estimate of drug-likeness (QED) is 0.0210. The Labute approximate surface area is 300 Å². The topological polar surface area (TPSA) is 111 Å². The largest absolute Gasteiger partial charge is 0.756 e. The van der Waals surface area contributed by atoms with Crippen LogP contribution in [0.5, 0.6) is 0 Å². The molecule has 0 radical (unpaired) electrons. The van der Waals surface area contributed by atoms with Crippen LogP contribution in [0.25, 0.3) is 0 Å². The van der Waals surface area contributed by atoms with Gasteiger partial charge in [0.05, 0.1) is 27.7 Å². The molecule has 0 saturated carbocycles. The number of phosphoric acid groups is 1. The number of hydrogen-bond donors (Lipinski definition) is 0. The highest BCUT2D eigenvalue weighted by Gasteiger charge is 2.21. The molecule has 288 valence electrons. The fourth-order valence-corrected chi connectivity index (χ4v) is 5.81. The van der Waals surface area contributed by atoms with E-state index in [1.54, 1.807) is 0 Å².